The fourth-order valence-corrected chi connectivity index (χ4v) is 2.32. The molecule has 0 saturated heterocycles. The molecule has 1 atom stereocenters. The van der Waals surface area contributed by atoms with Crippen molar-refractivity contribution < 1.29 is 5.11 Å². The molecule has 0 aliphatic heterocycles. The summed E-state index contributed by atoms with van der Waals surface area (Å²) in [5.41, 5.74) is 2.96. The Morgan fingerprint density at radius 1 is 1.32 bits per heavy atom. The second-order valence-electron chi connectivity index (χ2n) is 4.60. The monoisotopic (exact) mass is 320 g/mol. The highest BCUT2D eigenvalue weighted by atomic mass is 79.9. The molecule has 2 aromatic rings. The standard InChI is InChI=1S/C15H17BrN2O/c1-11(19)15-7-6-14(9-17-15)18(2)10-12-4-3-5-13(16)8-12/h3-9,11,19H,10H2,1-2H3/t11-/m0/s1. The lowest BCUT2D eigenvalue weighted by Gasteiger charge is -2.19. The molecule has 1 aromatic heterocycles. The Labute approximate surface area is 122 Å². The lowest BCUT2D eigenvalue weighted by atomic mass is 10.2. The Morgan fingerprint density at radius 3 is 2.68 bits per heavy atom. The van der Waals surface area contributed by atoms with Gasteiger partial charge in [0.15, 0.2) is 0 Å². The van der Waals surface area contributed by atoms with Crippen molar-refractivity contribution in [2.45, 2.75) is 19.6 Å². The Morgan fingerprint density at radius 2 is 2.11 bits per heavy atom. The second-order valence-corrected chi connectivity index (χ2v) is 5.52. The summed E-state index contributed by atoms with van der Waals surface area (Å²) in [6.07, 6.45) is 1.27. The lowest BCUT2D eigenvalue weighted by Crippen LogP contribution is -2.16. The zero-order valence-corrected chi connectivity index (χ0v) is 12.6. The molecule has 0 fully saturated rings. The number of aliphatic hydroxyl groups is 1. The van der Waals surface area contributed by atoms with Crippen LogP contribution in [0.3, 0.4) is 0 Å². The Bertz CT molecular complexity index is 540. The van der Waals surface area contributed by atoms with Crippen LogP contribution in [0.25, 0.3) is 0 Å². The van der Waals surface area contributed by atoms with Gasteiger partial charge in [-0.2, -0.15) is 0 Å². The van der Waals surface area contributed by atoms with Crippen LogP contribution in [0.4, 0.5) is 5.69 Å². The summed E-state index contributed by atoms with van der Waals surface area (Å²) in [7, 11) is 2.03. The van der Waals surface area contributed by atoms with Crippen molar-refractivity contribution in [3.05, 3.63) is 58.3 Å². The van der Waals surface area contributed by atoms with Crippen molar-refractivity contribution in [1.29, 1.82) is 0 Å². The van der Waals surface area contributed by atoms with Crippen LogP contribution in [0.15, 0.2) is 47.1 Å². The van der Waals surface area contributed by atoms with E-state index in [1.54, 1.807) is 13.1 Å². The number of hydrogen-bond donors (Lipinski definition) is 1. The average molecular weight is 321 g/mol. The molecule has 0 aliphatic rings. The summed E-state index contributed by atoms with van der Waals surface area (Å²) < 4.78 is 1.08. The van der Waals surface area contributed by atoms with Crippen molar-refractivity contribution in [2.24, 2.45) is 0 Å². The molecule has 1 N–H and O–H groups in total. The maximum atomic E-state index is 9.44. The van der Waals surface area contributed by atoms with Gasteiger partial charge in [-0.1, -0.05) is 28.1 Å². The number of halogens is 1. The fraction of sp³-hybridized carbons (Fsp3) is 0.267. The van der Waals surface area contributed by atoms with E-state index >= 15 is 0 Å². The molecule has 4 heteroatoms. The highest BCUT2D eigenvalue weighted by Crippen LogP contribution is 2.18. The molecule has 0 saturated carbocycles. The van der Waals surface area contributed by atoms with Gasteiger partial charge in [0.1, 0.15) is 0 Å². The molecule has 19 heavy (non-hydrogen) atoms. The number of benzene rings is 1. The summed E-state index contributed by atoms with van der Waals surface area (Å²) in [6.45, 7) is 2.53. The van der Waals surface area contributed by atoms with Crippen LogP contribution < -0.4 is 4.90 Å². The molecule has 100 valence electrons. The van der Waals surface area contributed by atoms with Crippen LogP contribution in [0, 0.1) is 0 Å². The first-order valence-corrected chi connectivity index (χ1v) is 6.95. The summed E-state index contributed by atoms with van der Waals surface area (Å²) in [4.78, 5) is 6.38. The smallest absolute Gasteiger partial charge is 0.0931 e. The molecule has 0 radical (unpaired) electrons. The van der Waals surface area contributed by atoms with Gasteiger partial charge in [-0.25, -0.2) is 0 Å². The van der Waals surface area contributed by atoms with Gasteiger partial charge in [-0.3, -0.25) is 4.98 Å². The highest BCUT2D eigenvalue weighted by Gasteiger charge is 2.06. The van der Waals surface area contributed by atoms with E-state index in [1.165, 1.54) is 5.56 Å². The van der Waals surface area contributed by atoms with E-state index in [2.05, 4.69) is 37.9 Å². The summed E-state index contributed by atoms with van der Waals surface area (Å²) in [5, 5.41) is 9.44. The predicted octanol–water partition coefficient (Wildman–Crippen LogP) is 3.53. The maximum absolute atomic E-state index is 9.44. The van der Waals surface area contributed by atoms with E-state index in [0.29, 0.717) is 5.69 Å². The molecule has 1 heterocycles. The Kier molecular flexibility index (Phi) is 4.56. The molecule has 0 amide bonds. The summed E-state index contributed by atoms with van der Waals surface area (Å²) in [6, 6.07) is 12.1. The van der Waals surface area contributed by atoms with Crippen LogP contribution >= 0.6 is 15.9 Å². The second kappa shape index (κ2) is 6.17. The molecule has 0 aliphatic carbocycles. The third kappa shape index (κ3) is 3.78. The van der Waals surface area contributed by atoms with Crippen LogP contribution in [0.1, 0.15) is 24.3 Å². The quantitative estimate of drug-likeness (QED) is 0.936. The van der Waals surface area contributed by atoms with Gasteiger partial charge in [-0.05, 0) is 36.8 Å². The molecule has 0 spiro atoms. The normalized spacial score (nSPS) is 12.2. The Hall–Kier alpha value is -1.39. The third-order valence-electron chi connectivity index (χ3n) is 2.95. The predicted molar refractivity (Wildman–Crippen MR) is 81.1 cm³/mol. The first kappa shape index (κ1) is 14.0. The fourth-order valence-electron chi connectivity index (χ4n) is 1.87. The molecule has 3 nitrogen and oxygen atoms in total. The van der Waals surface area contributed by atoms with Crippen LogP contribution in [0.5, 0.6) is 0 Å². The third-order valence-corrected chi connectivity index (χ3v) is 3.44. The van der Waals surface area contributed by atoms with Crippen LogP contribution in [-0.4, -0.2) is 17.1 Å². The van der Waals surface area contributed by atoms with Crippen molar-refractivity contribution in [3.63, 3.8) is 0 Å². The molecular formula is C15H17BrN2O. The van der Waals surface area contributed by atoms with Gasteiger partial charge in [0.05, 0.1) is 23.7 Å². The first-order chi connectivity index (χ1) is 9.06. The van der Waals surface area contributed by atoms with E-state index in [9.17, 15) is 5.11 Å². The number of pyridine rings is 1. The van der Waals surface area contributed by atoms with Crippen LogP contribution in [0.2, 0.25) is 0 Å². The topological polar surface area (TPSA) is 36.4 Å². The molecule has 2 rings (SSSR count). The number of aliphatic hydroxyl groups excluding tert-OH is 1. The minimum Gasteiger partial charge on any atom is -0.387 e. The number of rotatable bonds is 4. The molecule has 1 aromatic carbocycles. The first-order valence-electron chi connectivity index (χ1n) is 6.16. The van der Waals surface area contributed by atoms with Gasteiger partial charge in [0, 0.05) is 18.1 Å². The van der Waals surface area contributed by atoms with Gasteiger partial charge >= 0.3 is 0 Å². The van der Waals surface area contributed by atoms with E-state index in [1.807, 2.05) is 31.3 Å². The largest absolute Gasteiger partial charge is 0.387 e. The maximum Gasteiger partial charge on any atom is 0.0931 e. The zero-order valence-electron chi connectivity index (χ0n) is 11.0. The minimum absolute atomic E-state index is 0.524. The van der Waals surface area contributed by atoms with Crippen molar-refractivity contribution in [1.82, 2.24) is 4.98 Å². The number of nitrogens with zero attached hydrogens (tertiary/aromatic N) is 2. The number of anilines is 1. The number of hydrogen-bond acceptors (Lipinski definition) is 3. The molecule has 0 unspecified atom stereocenters. The average Bonchev–Trinajstić information content (AvgIpc) is 2.39. The van der Waals surface area contributed by atoms with E-state index in [-0.39, 0.29) is 0 Å². The van der Waals surface area contributed by atoms with Crippen molar-refractivity contribution in [2.75, 3.05) is 11.9 Å². The van der Waals surface area contributed by atoms with E-state index < -0.39 is 6.10 Å². The number of aromatic nitrogens is 1. The van der Waals surface area contributed by atoms with Gasteiger partial charge in [0.2, 0.25) is 0 Å². The lowest BCUT2D eigenvalue weighted by molar-refractivity contribution is 0.194. The SMILES string of the molecule is C[C@H](O)c1ccc(N(C)Cc2cccc(Br)c2)cn1. The minimum atomic E-state index is -0.524. The molecule has 0 bridgehead atoms. The van der Waals surface area contributed by atoms with Gasteiger partial charge < -0.3 is 10.0 Å². The van der Waals surface area contributed by atoms with E-state index in [0.717, 1.165) is 16.7 Å². The van der Waals surface area contributed by atoms with Gasteiger partial charge in [0.25, 0.3) is 0 Å². The molecular weight excluding hydrogens is 304 g/mol. The Balaban J connectivity index is 2.09. The zero-order chi connectivity index (χ0) is 13.8. The van der Waals surface area contributed by atoms with Crippen molar-refractivity contribution in [3.8, 4) is 0 Å². The highest BCUT2D eigenvalue weighted by molar-refractivity contribution is 9.10. The van der Waals surface area contributed by atoms with E-state index in [4.69, 9.17) is 0 Å². The van der Waals surface area contributed by atoms with Crippen molar-refractivity contribution >= 4 is 21.6 Å². The summed E-state index contributed by atoms with van der Waals surface area (Å²) in [5.74, 6) is 0. The van der Waals surface area contributed by atoms with Gasteiger partial charge in [-0.15, -0.1) is 0 Å². The van der Waals surface area contributed by atoms with Crippen LogP contribution in [-0.2, 0) is 6.54 Å². The summed E-state index contributed by atoms with van der Waals surface area (Å²) >= 11 is 3.48.